The lowest BCUT2D eigenvalue weighted by Crippen LogP contribution is -2.33. The number of carbonyl (C=O) groups excluding carboxylic acids is 2. The summed E-state index contributed by atoms with van der Waals surface area (Å²) >= 11 is 0. The third-order valence-corrected chi connectivity index (χ3v) is 5.25. The normalized spacial score (nSPS) is 16.1. The molecule has 0 radical (unpaired) electrons. The second kappa shape index (κ2) is 8.37. The van der Waals surface area contributed by atoms with Gasteiger partial charge in [0.15, 0.2) is 11.6 Å². The van der Waals surface area contributed by atoms with Gasteiger partial charge in [-0.05, 0) is 31.2 Å². The van der Waals surface area contributed by atoms with Crippen molar-refractivity contribution < 1.29 is 9.59 Å². The van der Waals surface area contributed by atoms with Crippen LogP contribution in [0.3, 0.4) is 0 Å². The summed E-state index contributed by atoms with van der Waals surface area (Å²) in [5.74, 6) is 0.680. The Morgan fingerprint density at radius 3 is 2.41 bits per heavy atom. The van der Waals surface area contributed by atoms with Gasteiger partial charge in [0.25, 0.3) is 5.91 Å². The van der Waals surface area contributed by atoms with Gasteiger partial charge in [-0.2, -0.15) is 14.9 Å². The maximum atomic E-state index is 13.2. The van der Waals surface area contributed by atoms with E-state index in [2.05, 4.69) is 41.3 Å². The van der Waals surface area contributed by atoms with E-state index in [9.17, 15) is 9.59 Å². The Morgan fingerprint density at radius 2 is 1.78 bits per heavy atom. The highest BCUT2D eigenvalue weighted by Gasteiger charge is 2.34. The van der Waals surface area contributed by atoms with Gasteiger partial charge in [0.05, 0.1) is 11.4 Å². The van der Waals surface area contributed by atoms with Gasteiger partial charge in [-0.15, -0.1) is 0 Å². The second-order valence-electron chi connectivity index (χ2n) is 8.78. The fraction of sp³-hybridized carbons (Fsp3) is 0.292. The fourth-order valence-electron chi connectivity index (χ4n) is 3.46. The van der Waals surface area contributed by atoms with Crippen LogP contribution in [0.25, 0.3) is 5.82 Å². The number of carbonyl (C=O) groups is 2. The number of nitrogens with one attached hydrogen (secondary N) is 1. The molecule has 1 atom stereocenters. The zero-order valence-corrected chi connectivity index (χ0v) is 18.6. The van der Waals surface area contributed by atoms with E-state index < -0.39 is 6.04 Å². The van der Waals surface area contributed by atoms with E-state index >= 15 is 0 Å². The molecule has 1 aliphatic rings. The van der Waals surface area contributed by atoms with Gasteiger partial charge in [0.1, 0.15) is 17.6 Å². The lowest BCUT2D eigenvalue weighted by molar-refractivity contribution is -0.118. The molecule has 2 aromatic heterocycles. The molecule has 3 aromatic rings. The largest absolute Gasteiger partial charge is 0.305 e. The average Bonchev–Trinajstić information content (AvgIpc) is 3.40. The maximum absolute atomic E-state index is 13.2. The van der Waals surface area contributed by atoms with Crippen molar-refractivity contribution in [1.29, 1.82) is 0 Å². The van der Waals surface area contributed by atoms with Crippen LogP contribution in [-0.4, -0.2) is 38.2 Å². The molecular formula is C24H26N6O2. The molecule has 32 heavy (non-hydrogen) atoms. The van der Waals surface area contributed by atoms with Gasteiger partial charge in [-0.3, -0.25) is 14.6 Å². The van der Waals surface area contributed by atoms with Crippen molar-refractivity contribution in [1.82, 2.24) is 14.8 Å². The van der Waals surface area contributed by atoms with E-state index in [1.54, 1.807) is 15.9 Å². The Morgan fingerprint density at radius 1 is 1.06 bits per heavy atom. The van der Waals surface area contributed by atoms with Crippen molar-refractivity contribution in [2.24, 2.45) is 5.10 Å². The molecule has 1 unspecified atom stereocenters. The molecule has 8 nitrogen and oxygen atoms in total. The van der Waals surface area contributed by atoms with E-state index in [0.717, 1.165) is 11.4 Å². The van der Waals surface area contributed by atoms with Gasteiger partial charge >= 0.3 is 0 Å². The number of nitrogens with zero attached hydrogens (tertiary/aromatic N) is 5. The molecule has 1 aliphatic heterocycles. The molecule has 164 valence electrons. The summed E-state index contributed by atoms with van der Waals surface area (Å²) in [5, 5.41) is 13.7. The van der Waals surface area contributed by atoms with Crippen molar-refractivity contribution in [3.8, 4) is 5.82 Å². The maximum Gasteiger partial charge on any atom is 0.273 e. The molecule has 3 heterocycles. The van der Waals surface area contributed by atoms with Crippen LogP contribution < -0.4 is 10.3 Å². The lowest BCUT2D eigenvalue weighted by Gasteiger charge is -2.20. The second-order valence-corrected chi connectivity index (χ2v) is 8.78. The van der Waals surface area contributed by atoms with Crippen LogP contribution in [-0.2, 0) is 15.0 Å². The monoisotopic (exact) mass is 430 g/mol. The number of rotatable bonds is 5. The third-order valence-electron chi connectivity index (χ3n) is 5.25. The fourth-order valence-corrected chi connectivity index (χ4v) is 3.46. The number of pyridine rings is 1. The van der Waals surface area contributed by atoms with Crippen molar-refractivity contribution >= 4 is 28.9 Å². The highest BCUT2D eigenvalue weighted by atomic mass is 16.2. The first-order chi connectivity index (χ1) is 15.2. The van der Waals surface area contributed by atoms with E-state index in [0.29, 0.717) is 17.3 Å². The summed E-state index contributed by atoms with van der Waals surface area (Å²) < 4.78 is 1.62. The van der Waals surface area contributed by atoms with Gasteiger partial charge in [0, 0.05) is 24.1 Å². The van der Waals surface area contributed by atoms with Crippen molar-refractivity contribution in [3.63, 3.8) is 0 Å². The lowest BCUT2D eigenvalue weighted by atomic mass is 9.92. The predicted molar refractivity (Wildman–Crippen MR) is 124 cm³/mol. The summed E-state index contributed by atoms with van der Waals surface area (Å²) in [6.07, 6.45) is 1.91. The third kappa shape index (κ3) is 4.30. The molecule has 1 N–H and O–H groups in total. The molecule has 1 aromatic carbocycles. The summed E-state index contributed by atoms with van der Waals surface area (Å²) in [5.41, 5.74) is 1.66. The van der Waals surface area contributed by atoms with Crippen LogP contribution in [0.15, 0.2) is 65.9 Å². The molecule has 8 heteroatoms. The minimum absolute atomic E-state index is 0.0473. The van der Waals surface area contributed by atoms with Crippen LogP contribution in [0, 0.1) is 0 Å². The van der Waals surface area contributed by atoms with Crippen molar-refractivity contribution in [3.05, 3.63) is 66.5 Å². The number of ketones is 1. The number of Topliss-reactive ketones (excluding diaryl/α,β-unsaturated/α-hetero) is 1. The number of hydrogen-bond donors (Lipinski definition) is 1. The average molecular weight is 431 g/mol. The zero-order valence-electron chi connectivity index (χ0n) is 18.6. The topological polar surface area (TPSA) is 92.5 Å². The van der Waals surface area contributed by atoms with Crippen LogP contribution in [0.2, 0.25) is 0 Å². The predicted octanol–water partition coefficient (Wildman–Crippen LogP) is 3.73. The van der Waals surface area contributed by atoms with Crippen molar-refractivity contribution in [2.75, 3.05) is 10.3 Å². The molecule has 0 bridgehead atoms. The standard InChI is InChI=1S/C24H26N6O2/c1-16(31)19-14-18(27-29(19)17-10-6-5-7-11-17)23(32)26-22-15-20(24(2,3)4)28-30(22)21-12-8-9-13-25-21/h5-13,15,19H,14H2,1-4H3,(H,26,32). The van der Waals surface area contributed by atoms with E-state index in [1.165, 1.54) is 6.92 Å². The summed E-state index contributed by atoms with van der Waals surface area (Å²) in [6, 6.07) is 16.2. The summed E-state index contributed by atoms with van der Waals surface area (Å²) in [7, 11) is 0. The Hall–Kier alpha value is -3.81. The van der Waals surface area contributed by atoms with E-state index in [4.69, 9.17) is 0 Å². The van der Waals surface area contributed by atoms with Crippen LogP contribution in [0.5, 0.6) is 0 Å². The SMILES string of the molecule is CC(=O)C1CC(C(=O)Nc2cc(C(C)(C)C)nn2-c2ccccn2)=NN1c1ccccc1. The Labute approximate surface area is 187 Å². The number of aromatic nitrogens is 3. The highest BCUT2D eigenvalue weighted by molar-refractivity contribution is 6.44. The molecule has 0 aliphatic carbocycles. The Bertz CT molecular complexity index is 1160. The van der Waals surface area contributed by atoms with Gasteiger partial charge in [-0.1, -0.05) is 45.0 Å². The molecule has 4 rings (SSSR count). The number of amides is 1. The molecule has 0 saturated heterocycles. The minimum atomic E-state index is -0.510. The summed E-state index contributed by atoms with van der Waals surface area (Å²) in [4.78, 5) is 29.8. The Kier molecular flexibility index (Phi) is 5.61. The van der Waals surface area contributed by atoms with Crippen LogP contribution in [0.4, 0.5) is 11.5 Å². The molecule has 0 spiro atoms. The highest BCUT2D eigenvalue weighted by Crippen LogP contribution is 2.28. The van der Waals surface area contributed by atoms with Gasteiger partial charge in [0.2, 0.25) is 0 Å². The van der Waals surface area contributed by atoms with Crippen LogP contribution >= 0.6 is 0 Å². The number of hydrazone groups is 1. The quantitative estimate of drug-likeness (QED) is 0.666. The number of para-hydroxylation sites is 1. The number of benzene rings is 1. The first kappa shape index (κ1) is 21.4. The van der Waals surface area contributed by atoms with Gasteiger partial charge in [-0.25, -0.2) is 4.98 Å². The molecule has 0 saturated carbocycles. The minimum Gasteiger partial charge on any atom is -0.305 e. The summed E-state index contributed by atoms with van der Waals surface area (Å²) in [6.45, 7) is 7.68. The number of hydrogen-bond acceptors (Lipinski definition) is 6. The molecule has 0 fully saturated rings. The van der Waals surface area contributed by atoms with E-state index in [-0.39, 0.29) is 23.5 Å². The zero-order chi connectivity index (χ0) is 22.9. The first-order valence-corrected chi connectivity index (χ1v) is 10.5. The van der Waals surface area contributed by atoms with Crippen LogP contribution in [0.1, 0.15) is 39.8 Å². The Balaban J connectivity index is 1.65. The molecular weight excluding hydrogens is 404 g/mol. The van der Waals surface area contributed by atoms with Gasteiger partial charge < -0.3 is 5.32 Å². The van der Waals surface area contributed by atoms with E-state index in [1.807, 2.05) is 54.6 Å². The number of anilines is 2. The molecule has 1 amide bonds. The first-order valence-electron chi connectivity index (χ1n) is 10.5. The van der Waals surface area contributed by atoms with Crippen molar-refractivity contribution in [2.45, 2.75) is 45.6 Å². The smallest absolute Gasteiger partial charge is 0.273 e.